The minimum Gasteiger partial charge on any atom is -0.478 e. The van der Waals surface area contributed by atoms with Crippen LogP contribution >= 0.6 is 0 Å². The largest absolute Gasteiger partial charge is 0.478 e. The minimum atomic E-state index is -0.976. The molecule has 1 aromatic heterocycles. The Morgan fingerprint density at radius 3 is 2.94 bits per heavy atom. The first-order valence-electron chi connectivity index (χ1n) is 4.59. The van der Waals surface area contributed by atoms with Crippen LogP contribution in [-0.4, -0.2) is 21.2 Å². The van der Waals surface area contributed by atoms with E-state index in [9.17, 15) is 4.79 Å². The Morgan fingerprint density at radius 2 is 2.25 bits per heavy atom. The molecule has 0 amide bonds. The molecule has 0 saturated heterocycles. The molecule has 0 saturated carbocycles. The number of carbonyl (C=O) groups is 1. The van der Waals surface area contributed by atoms with Gasteiger partial charge in [0.05, 0.1) is 12.1 Å². The molecular weight excluding hydrogens is 210 g/mol. The van der Waals surface area contributed by atoms with Crippen molar-refractivity contribution >= 4 is 11.7 Å². The zero-order valence-corrected chi connectivity index (χ0v) is 8.25. The molecule has 2 rings (SSSR count). The van der Waals surface area contributed by atoms with Crippen molar-refractivity contribution in [3.8, 4) is 0 Å². The first-order chi connectivity index (χ1) is 7.77. The Labute approximate surface area is 90.9 Å². The van der Waals surface area contributed by atoms with Gasteiger partial charge in [0.1, 0.15) is 0 Å². The second-order valence-corrected chi connectivity index (χ2v) is 3.05. The second kappa shape index (κ2) is 4.43. The van der Waals surface area contributed by atoms with E-state index < -0.39 is 5.97 Å². The van der Waals surface area contributed by atoms with Crippen molar-refractivity contribution in [3.05, 3.63) is 42.0 Å². The van der Waals surface area contributed by atoms with Crippen molar-refractivity contribution in [2.45, 2.75) is 6.54 Å². The fourth-order valence-corrected chi connectivity index (χ4v) is 1.27. The summed E-state index contributed by atoms with van der Waals surface area (Å²) >= 11 is 0. The maximum atomic E-state index is 10.9. The van der Waals surface area contributed by atoms with E-state index in [4.69, 9.17) is 5.11 Å². The summed E-state index contributed by atoms with van der Waals surface area (Å²) in [5.74, 6) is -0.503. The molecule has 0 aliphatic rings. The Hall–Kier alpha value is -2.37. The van der Waals surface area contributed by atoms with Crippen LogP contribution in [0, 0.1) is 0 Å². The number of anilines is 1. The number of aromatic carboxylic acids is 1. The van der Waals surface area contributed by atoms with Crippen LogP contribution in [0.4, 0.5) is 5.69 Å². The van der Waals surface area contributed by atoms with E-state index in [2.05, 4.69) is 20.0 Å². The van der Waals surface area contributed by atoms with Gasteiger partial charge >= 0.3 is 5.97 Å². The number of nitrogens with one attached hydrogen (secondary N) is 1. The summed E-state index contributed by atoms with van der Waals surface area (Å²) < 4.78 is 4.56. The molecule has 0 aliphatic carbocycles. The van der Waals surface area contributed by atoms with Gasteiger partial charge in [-0.1, -0.05) is 17.3 Å². The fraction of sp³-hybridized carbons (Fsp3) is 0.100. The van der Waals surface area contributed by atoms with E-state index in [0.717, 1.165) is 0 Å². The van der Waals surface area contributed by atoms with Crippen molar-refractivity contribution in [2.75, 3.05) is 5.32 Å². The maximum Gasteiger partial charge on any atom is 0.337 e. The number of carboxylic acids is 1. The van der Waals surface area contributed by atoms with Crippen LogP contribution < -0.4 is 5.32 Å². The van der Waals surface area contributed by atoms with E-state index in [1.807, 2.05) is 0 Å². The smallest absolute Gasteiger partial charge is 0.337 e. The summed E-state index contributed by atoms with van der Waals surface area (Å²) in [6, 6.07) is 6.64. The highest BCUT2D eigenvalue weighted by atomic mass is 16.5. The predicted molar refractivity (Wildman–Crippen MR) is 55.0 cm³/mol. The number of aromatic nitrogens is 2. The molecule has 0 unspecified atom stereocenters. The number of para-hydroxylation sites is 1. The van der Waals surface area contributed by atoms with Crippen molar-refractivity contribution in [1.82, 2.24) is 10.1 Å². The molecule has 0 bridgehead atoms. The van der Waals surface area contributed by atoms with Crippen LogP contribution in [0.15, 0.2) is 35.2 Å². The number of nitrogens with zero attached hydrogens (tertiary/aromatic N) is 2. The van der Waals surface area contributed by atoms with Gasteiger partial charge in [-0.3, -0.25) is 0 Å². The summed E-state index contributed by atoms with van der Waals surface area (Å²) in [4.78, 5) is 14.7. The molecule has 0 radical (unpaired) electrons. The van der Waals surface area contributed by atoms with Gasteiger partial charge < -0.3 is 14.9 Å². The molecule has 6 nitrogen and oxygen atoms in total. The Morgan fingerprint density at radius 1 is 1.44 bits per heavy atom. The van der Waals surface area contributed by atoms with Crippen molar-refractivity contribution in [3.63, 3.8) is 0 Å². The summed E-state index contributed by atoms with van der Waals surface area (Å²) in [6.45, 7) is 0.320. The number of rotatable bonds is 4. The molecule has 0 spiro atoms. The third-order valence-corrected chi connectivity index (χ3v) is 2.00. The van der Waals surface area contributed by atoms with E-state index in [1.165, 1.54) is 12.5 Å². The zero-order valence-electron chi connectivity index (χ0n) is 8.25. The second-order valence-electron chi connectivity index (χ2n) is 3.05. The molecule has 1 aromatic carbocycles. The standard InChI is InChI=1S/C10H9N3O3/c14-10(15)7-3-1-2-4-8(7)11-5-9-12-6-16-13-9/h1-4,6,11H,5H2,(H,14,15). The lowest BCUT2D eigenvalue weighted by Crippen LogP contribution is -2.06. The monoisotopic (exact) mass is 219 g/mol. The number of hydrogen-bond donors (Lipinski definition) is 2. The van der Waals surface area contributed by atoms with Crippen LogP contribution in [0.3, 0.4) is 0 Å². The summed E-state index contributed by atoms with van der Waals surface area (Å²) in [7, 11) is 0. The quantitative estimate of drug-likeness (QED) is 0.807. The molecule has 2 N–H and O–H groups in total. The third-order valence-electron chi connectivity index (χ3n) is 2.00. The summed E-state index contributed by atoms with van der Waals surface area (Å²) in [6.07, 6.45) is 1.22. The molecule has 6 heteroatoms. The van der Waals surface area contributed by atoms with E-state index >= 15 is 0 Å². The van der Waals surface area contributed by atoms with Gasteiger partial charge in [0.25, 0.3) is 0 Å². The van der Waals surface area contributed by atoms with Crippen molar-refractivity contribution in [2.24, 2.45) is 0 Å². The average Bonchev–Trinajstić information content (AvgIpc) is 2.79. The SMILES string of the molecule is O=C(O)c1ccccc1NCc1ncon1. The van der Waals surface area contributed by atoms with Gasteiger partial charge in [0.15, 0.2) is 5.82 Å². The normalized spacial score (nSPS) is 10.0. The fourth-order valence-electron chi connectivity index (χ4n) is 1.27. The highest BCUT2D eigenvalue weighted by molar-refractivity contribution is 5.94. The number of hydrogen-bond acceptors (Lipinski definition) is 5. The Kier molecular flexibility index (Phi) is 2.81. The lowest BCUT2D eigenvalue weighted by atomic mass is 10.2. The molecular formula is C10H9N3O3. The predicted octanol–water partition coefficient (Wildman–Crippen LogP) is 1.38. The van der Waals surface area contributed by atoms with Crippen molar-refractivity contribution < 1.29 is 14.4 Å². The highest BCUT2D eigenvalue weighted by Gasteiger charge is 2.08. The zero-order chi connectivity index (χ0) is 11.4. The maximum absolute atomic E-state index is 10.9. The topological polar surface area (TPSA) is 88.2 Å². The molecule has 0 aliphatic heterocycles. The first-order valence-corrected chi connectivity index (χ1v) is 4.59. The van der Waals surface area contributed by atoms with Gasteiger partial charge in [-0.2, -0.15) is 4.98 Å². The highest BCUT2D eigenvalue weighted by Crippen LogP contribution is 2.15. The molecule has 2 aromatic rings. The van der Waals surface area contributed by atoms with Gasteiger partial charge in [-0.25, -0.2) is 4.79 Å². The van der Waals surface area contributed by atoms with Crippen LogP contribution in [-0.2, 0) is 6.54 Å². The van der Waals surface area contributed by atoms with Crippen LogP contribution in [0.2, 0.25) is 0 Å². The van der Waals surface area contributed by atoms with Crippen LogP contribution in [0.1, 0.15) is 16.2 Å². The third kappa shape index (κ3) is 2.17. The Balaban J connectivity index is 2.12. The number of benzene rings is 1. The van der Waals surface area contributed by atoms with Gasteiger partial charge in [-0.15, -0.1) is 0 Å². The van der Waals surface area contributed by atoms with Crippen LogP contribution in [0.5, 0.6) is 0 Å². The van der Waals surface area contributed by atoms with E-state index in [-0.39, 0.29) is 5.56 Å². The molecule has 0 fully saturated rings. The summed E-state index contributed by atoms with van der Waals surface area (Å²) in [5, 5.41) is 15.5. The lowest BCUT2D eigenvalue weighted by Gasteiger charge is -2.06. The number of carboxylic acid groups (broad SMARTS) is 1. The molecule has 82 valence electrons. The van der Waals surface area contributed by atoms with Crippen LogP contribution in [0.25, 0.3) is 0 Å². The first kappa shape index (κ1) is 10.2. The summed E-state index contributed by atoms with van der Waals surface area (Å²) in [5.41, 5.74) is 0.741. The van der Waals surface area contributed by atoms with Gasteiger partial charge in [0, 0.05) is 5.69 Å². The Bertz CT molecular complexity index is 482. The van der Waals surface area contributed by atoms with Gasteiger partial charge in [0.2, 0.25) is 6.39 Å². The van der Waals surface area contributed by atoms with Gasteiger partial charge in [-0.05, 0) is 12.1 Å². The van der Waals surface area contributed by atoms with Crippen molar-refractivity contribution in [1.29, 1.82) is 0 Å². The molecule has 0 atom stereocenters. The average molecular weight is 219 g/mol. The lowest BCUT2D eigenvalue weighted by molar-refractivity contribution is 0.0698. The van der Waals surface area contributed by atoms with E-state index in [1.54, 1.807) is 18.2 Å². The molecule has 1 heterocycles. The molecule has 16 heavy (non-hydrogen) atoms. The minimum absolute atomic E-state index is 0.214. The van der Waals surface area contributed by atoms with E-state index in [0.29, 0.717) is 18.1 Å².